The van der Waals surface area contributed by atoms with E-state index in [-0.39, 0.29) is 17.5 Å². The normalized spacial score (nSPS) is 32.5. The van der Waals surface area contributed by atoms with Gasteiger partial charge in [0.15, 0.2) is 11.5 Å². The summed E-state index contributed by atoms with van der Waals surface area (Å²) in [5.41, 5.74) is 0.289. The van der Waals surface area contributed by atoms with Crippen LogP contribution in [0.4, 0.5) is 0 Å². The highest BCUT2D eigenvalue weighted by molar-refractivity contribution is 5.40. The number of nitrogens with zero attached hydrogens (tertiary/aromatic N) is 1. The molecule has 3 atom stereocenters. The molecule has 2 aliphatic carbocycles. The zero-order valence-corrected chi connectivity index (χ0v) is 14.8. The van der Waals surface area contributed by atoms with Gasteiger partial charge in [0.2, 0.25) is 0 Å². The summed E-state index contributed by atoms with van der Waals surface area (Å²) < 4.78 is 0. The second kappa shape index (κ2) is 6.65. The molecule has 2 fully saturated rings. The minimum atomic E-state index is -0.718. The lowest BCUT2D eigenvalue weighted by Gasteiger charge is -2.52. The van der Waals surface area contributed by atoms with E-state index in [1.807, 2.05) is 6.07 Å². The van der Waals surface area contributed by atoms with Gasteiger partial charge in [-0.25, -0.2) is 0 Å². The van der Waals surface area contributed by atoms with E-state index in [1.165, 1.54) is 12.8 Å². The topological polar surface area (TPSA) is 63.9 Å². The Labute approximate surface area is 149 Å². The molecule has 1 aliphatic heterocycles. The van der Waals surface area contributed by atoms with Crippen LogP contribution in [0.15, 0.2) is 30.4 Å². The Balaban J connectivity index is 1.53. The number of hydrogen-bond donors (Lipinski definition) is 3. The van der Waals surface area contributed by atoms with Crippen LogP contribution in [0.5, 0.6) is 11.5 Å². The molecule has 4 nitrogen and oxygen atoms in total. The van der Waals surface area contributed by atoms with Crippen LogP contribution in [0.25, 0.3) is 0 Å². The van der Waals surface area contributed by atoms with E-state index in [0.29, 0.717) is 5.92 Å². The molecule has 1 heterocycles. The first-order chi connectivity index (χ1) is 12.1. The van der Waals surface area contributed by atoms with Crippen LogP contribution in [0.1, 0.15) is 44.1 Å². The molecule has 0 bridgehead atoms. The number of phenolic OH excluding ortho intramolecular Hbond substituents is 2. The van der Waals surface area contributed by atoms with Gasteiger partial charge in [-0.3, -0.25) is 4.90 Å². The van der Waals surface area contributed by atoms with Gasteiger partial charge >= 0.3 is 0 Å². The number of allylic oxidation sites excluding steroid dienone is 1. The molecule has 1 aromatic rings. The number of aliphatic hydroxyl groups is 1. The van der Waals surface area contributed by atoms with Crippen molar-refractivity contribution in [2.24, 2.45) is 11.8 Å². The van der Waals surface area contributed by atoms with E-state index < -0.39 is 5.60 Å². The summed E-state index contributed by atoms with van der Waals surface area (Å²) >= 11 is 0. The molecule has 1 saturated heterocycles. The van der Waals surface area contributed by atoms with Crippen LogP contribution in [0.3, 0.4) is 0 Å². The summed E-state index contributed by atoms with van der Waals surface area (Å²) in [5.74, 6) is 1.04. The standard InChI is InChI=1S/C21H29NO3/c23-18-8-6-15(13-19(18)24)7-9-20-21(25)11-2-1-3-17(21)10-12-22(20)14-16-4-5-16/h2,6,8,11,13,16-17,20,23-25H,1,3-5,7,9-10,12,14H2/t17?,20-,21?/m1/s1. The largest absolute Gasteiger partial charge is 0.504 e. The van der Waals surface area contributed by atoms with Gasteiger partial charge in [-0.15, -0.1) is 0 Å². The molecule has 2 unspecified atom stereocenters. The van der Waals surface area contributed by atoms with Gasteiger partial charge in [-0.1, -0.05) is 18.2 Å². The number of aromatic hydroxyl groups is 2. The third-order valence-electron chi connectivity index (χ3n) is 6.40. The van der Waals surface area contributed by atoms with Crippen molar-refractivity contribution in [3.8, 4) is 11.5 Å². The number of benzene rings is 1. The molecule has 4 rings (SSSR count). The molecular formula is C21H29NO3. The van der Waals surface area contributed by atoms with Gasteiger partial charge in [0.25, 0.3) is 0 Å². The third kappa shape index (κ3) is 3.42. The lowest BCUT2D eigenvalue weighted by molar-refractivity contribution is -0.0970. The Morgan fingerprint density at radius 3 is 2.68 bits per heavy atom. The Morgan fingerprint density at radius 2 is 1.92 bits per heavy atom. The van der Waals surface area contributed by atoms with E-state index >= 15 is 0 Å². The third-order valence-corrected chi connectivity index (χ3v) is 6.40. The second-order valence-electron chi connectivity index (χ2n) is 8.17. The number of fused-ring (bicyclic) bond motifs is 1. The quantitative estimate of drug-likeness (QED) is 0.567. The van der Waals surface area contributed by atoms with Gasteiger partial charge in [0, 0.05) is 12.6 Å². The second-order valence-corrected chi connectivity index (χ2v) is 8.17. The summed E-state index contributed by atoms with van der Waals surface area (Å²) in [7, 11) is 0. The Hall–Kier alpha value is -1.52. The van der Waals surface area contributed by atoms with E-state index in [2.05, 4.69) is 17.1 Å². The fraction of sp³-hybridized carbons (Fsp3) is 0.619. The minimum absolute atomic E-state index is 0.0647. The molecule has 3 aliphatic rings. The highest BCUT2D eigenvalue weighted by atomic mass is 16.3. The van der Waals surface area contributed by atoms with Crippen molar-refractivity contribution in [1.82, 2.24) is 4.90 Å². The van der Waals surface area contributed by atoms with Gasteiger partial charge in [0.1, 0.15) is 5.60 Å². The van der Waals surface area contributed by atoms with Crippen LogP contribution < -0.4 is 0 Å². The molecular weight excluding hydrogens is 314 g/mol. The van der Waals surface area contributed by atoms with Crippen LogP contribution in [-0.2, 0) is 6.42 Å². The number of phenols is 2. The molecule has 136 valence electrons. The molecule has 3 N–H and O–H groups in total. The average Bonchev–Trinajstić information content (AvgIpc) is 3.40. The maximum Gasteiger partial charge on any atom is 0.157 e. The van der Waals surface area contributed by atoms with Crippen molar-refractivity contribution in [3.63, 3.8) is 0 Å². The van der Waals surface area contributed by atoms with E-state index in [9.17, 15) is 15.3 Å². The first-order valence-electron chi connectivity index (χ1n) is 9.71. The van der Waals surface area contributed by atoms with Crippen molar-refractivity contribution >= 4 is 0 Å². The van der Waals surface area contributed by atoms with Gasteiger partial charge in [-0.2, -0.15) is 0 Å². The Morgan fingerprint density at radius 1 is 1.08 bits per heavy atom. The summed E-state index contributed by atoms with van der Waals surface area (Å²) in [5, 5.41) is 30.7. The summed E-state index contributed by atoms with van der Waals surface area (Å²) in [6.45, 7) is 2.19. The minimum Gasteiger partial charge on any atom is -0.504 e. The highest BCUT2D eigenvalue weighted by Crippen LogP contribution is 2.43. The van der Waals surface area contributed by atoms with Crippen molar-refractivity contribution in [2.75, 3.05) is 13.1 Å². The van der Waals surface area contributed by atoms with Gasteiger partial charge in [-0.05, 0) is 81.0 Å². The van der Waals surface area contributed by atoms with Gasteiger partial charge < -0.3 is 15.3 Å². The fourth-order valence-corrected chi connectivity index (χ4v) is 4.76. The molecule has 25 heavy (non-hydrogen) atoms. The number of hydrogen-bond acceptors (Lipinski definition) is 4. The van der Waals surface area contributed by atoms with Crippen molar-refractivity contribution in [3.05, 3.63) is 35.9 Å². The Kier molecular flexibility index (Phi) is 4.50. The fourth-order valence-electron chi connectivity index (χ4n) is 4.76. The predicted octanol–water partition coefficient (Wildman–Crippen LogP) is 3.21. The van der Waals surface area contributed by atoms with Crippen molar-refractivity contribution in [1.29, 1.82) is 0 Å². The zero-order valence-electron chi connectivity index (χ0n) is 14.8. The maximum absolute atomic E-state index is 11.5. The summed E-state index contributed by atoms with van der Waals surface area (Å²) in [4.78, 5) is 2.52. The first kappa shape index (κ1) is 16.9. The molecule has 0 spiro atoms. The number of aryl methyl sites for hydroxylation is 1. The monoisotopic (exact) mass is 343 g/mol. The molecule has 4 heteroatoms. The van der Waals surface area contributed by atoms with E-state index in [4.69, 9.17) is 0 Å². The maximum atomic E-state index is 11.5. The lowest BCUT2D eigenvalue weighted by atomic mass is 9.69. The summed E-state index contributed by atoms with van der Waals surface area (Å²) in [6, 6.07) is 5.19. The van der Waals surface area contributed by atoms with Crippen LogP contribution in [-0.4, -0.2) is 45.0 Å². The predicted molar refractivity (Wildman–Crippen MR) is 97.6 cm³/mol. The molecule has 1 aromatic carbocycles. The molecule has 0 radical (unpaired) electrons. The highest BCUT2D eigenvalue weighted by Gasteiger charge is 2.49. The first-order valence-corrected chi connectivity index (χ1v) is 9.71. The molecule has 0 amide bonds. The van der Waals surface area contributed by atoms with Crippen LogP contribution in [0, 0.1) is 11.8 Å². The Bertz CT molecular complexity index is 655. The van der Waals surface area contributed by atoms with Gasteiger partial charge in [0.05, 0.1) is 0 Å². The molecule has 0 aromatic heterocycles. The van der Waals surface area contributed by atoms with E-state index in [0.717, 1.165) is 56.7 Å². The van der Waals surface area contributed by atoms with Crippen molar-refractivity contribution in [2.45, 2.75) is 56.6 Å². The van der Waals surface area contributed by atoms with Crippen LogP contribution in [0.2, 0.25) is 0 Å². The molecule has 1 saturated carbocycles. The smallest absolute Gasteiger partial charge is 0.157 e. The zero-order chi connectivity index (χ0) is 17.4. The lowest BCUT2D eigenvalue weighted by Crippen LogP contribution is -2.61. The van der Waals surface area contributed by atoms with Crippen molar-refractivity contribution < 1.29 is 15.3 Å². The summed E-state index contributed by atoms with van der Waals surface area (Å²) in [6.07, 6.45) is 11.8. The number of rotatable bonds is 5. The number of piperidine rings is 1. The van der Waals surface area contributed by atoms with E-state index in [1.54, 1.807) is 12.1 Å². The number of likely N-dealkylation sites (tertiary alicyclic amines) is 1. The van der Waals surface area contributed by atoms with Crippen LogP contribution >= 0.6 is 0 Å². The SMILES string of the molecule is Oc1ccc(CC[C@H]2N(CC3CC3)CCC3CCC=CC32O)cc1O. The average molecular weight is 343 g/mol.